The maximum Gasteiger partial charge on any atom is 0.0113 e. The first kappa shape index (κ1) is 8.31. The summed E-state index contributed by atoms with van der Waals surface area (Å²) in [5.41, 5.74) is 0. The van der Waals surface area contributed by atoms with Crippen molar-refractivity contribution in [1.29, 1.82) is 0 Å². The van der Waals surface area contributed by atoms with Gasteiger partial charge in [0.25, 0.3) is 0 Å². The maximum absolute atomic E-state index is 4.21. The van der Waals surface area contributed by atoms with E-state index in [9.17, 15) is 0 Å². The van der Waals surface area contributed by atoms with Crippen LogP contribution in [0.3, 0.4) is 0 Å². The van der Waals surface area contributed by atoms with Gasteiger partial charge in [-0.05, 0) is 13.0 Å². The molecule has 1 nitrogen and oxygen atoms in total. The molecule has 0 saturated heterocycles. The normalized spacial score (nSPS) is 13.9. The molecule has 50 valence electrons. The molecule has 0 bridgehead atoms. The topological polar surface area (TPSA) is 12.0 Å². The van der Waals surface area contributed by atoms with E-state index in [1.807, 2.05) is 0 Å². The lowest BCUT2D eigenvalue weighted by Crippen LogP contribution is -2.21. The zero-order chi connectivity index (χ0) is 6.41. The van der Waals surface area contributed by atoms with Gasteiger partial charge >= 0.3 is 0 Å². The molecule has 0 heterocycles. The summed E-state index contributed by atoms with van der Waals surface area (Å²) in [5, 5.41) is 3.75. The van der Waals surface area contributed by atoms with Gasteiger partial charge in [-0.3, -0.25) is 0 Å². The first-order valence-electron chi connectivity index (χ1n) is 3.16. The molecule has 0 saturated carbocycles. The Morgan fingerprint density at radius 2 is 2.25 bits per heavy atom. The Kier molecular flexibility index (Phi) is 5.66. The molecule has 1 atom stereocenters. The molecule has 0 unspecified atom stereocenters. The summed E-state index contributed by atoms with van der Waals surface area (Å²) in [6.45, 7) is 6.39. The molecule has 2 heteroatoms. The lowest BCUT2D eigenvalue weighted by atomic mass is 10.4. The predicted octanol–water partition coefficient (Wildman–Crippen LogP) is 1.30. The third-order valence-corrected chi connectivity index (χ3v) is 1.05. The third kappa shape index (κ3) is 6.31. The minimum absolute atomic E-state index is 0.488. The highest BCUT2D eigenvalue weighted by Gasteiger charge is 1.89. The second kappa shape index (κ2) is 5.45. The van der Waals surface area contributed by atoms with Gasteiger partial charge in [0.1, 0.15) is 0 Å². The largest absolute Gasteiger partial charge is 0.316 e. The van der Waals surface area contributed by atoms with Crippen LogP contribution in [0, 0.1) is 0 Å². The second-order valence-corrected chi connectivity index (χ2v) is 2.93. The maximum atomic E-state index is 4.21. The molecule has 0 aromatic carbocycles. The van der Waals surface area contributed by atoms with Crippen molar-refractivity contribution in [3.63, 3.8) is 0 Å². The fourth-order valence-corrected chi connectivity index (χ4v) is 0.617. The van der Waals surface area contributed by atoms with E-state index in [-0.39, 0.29) is 0 Å². The monoisotopic (exact) mass is 133 g/mol. The van der Waals surface area contributed by atoms with Crippen LogP contribution in [0.4, 0.5) is 0 Å². The lowest BCUT2D eigenvalue weighted by Gasteiger charge is -2.03. The number of hydrogen-bond acceptors (Lipinski definition) is 2. The quantitative estimate of drug-likeness (QED) is 0.435. The molecule has 0 rings (SSSR count). The number of nitrogens with one attached hydrogen (secondary N) is 1. The number of thiol groups is 1. The highest BCUT2D eigenvalue weighted by atomic mass is 32.1. The summed E-state index contributed by atoms with van der Waals surface area (Å²) < 4.78 is 0. The van der Waals surface area contributed by atoms with Crippen LogP contribution in [0.15, 0.2) is 0 Å². The lowest BCUT2D eigenvalue weighted by molar-refractivity contribution is 0.670. The summed E-state index contributed by atoms with van der Waals surface area (Å²) in [7, 11) is 0. The molecule has 0 amide bonds. The van der Waals surface area contributed by atoms with E-state index in [0.29, 0.717) is 5.25 Å². The SMILES string of the molecule is CCCNC[C@H](C)S. The van der Waals surface area contributed by atoms with Crippen molar-refractivity contribution in [2.45, 2.75) is 25.5 Å². The first-order chi connectivity index (χ1) is 3.77. The molecule has 1 N–H and O–H groups in total. The number of hydrogen-bond donors (Lipinski definition) is 2. The average Bonchev–Trinajstić information content (AvgIpc) is 1.66. The zero-order valence-electron chi connectivity index (χ0n) is 5.65. The van der Waals surface area contributed by atoms with Crippen LogP contribution in [0.1, 0.15) is 20.3 Å². The molecular weight excluding hydrogens is 118 g/mol. The summed E-state index contributed by atoms with van der Waals surface area (Å²) in [5.74, 6) is 0. The Balaban J connectivity index is 2.72. The van der Waals surface area contributed by atoms with Crippen LogP contribution < -0.4 is 5.32 Å². The van der Waals surface area contributed by atoms with E-state index in [1.54, 1.807) is 0 Å². The highest BCUT2D eigenvalue weighted by Crippen LogP contribution is 1.87. The van der Waals surface area contributed by atoms with Crippen LogP contribution in [0.25, 0.3) is 0 Å². The van der Waals surface area contributed by atoms with Crippen molar-refractivity contribution in [3.05, 3.63) is 0 Å². The number of rotatable bonds is 4. The van der Waals surface area contributed by atoms with Gasteiger partial charge in [0.15, 0.2) is 0 Å². The molecule has 0 aliphatic rings. The summed E-state index contributed by atoms with van der Waals surface area (Å²) in [6.07, 6.45) is 1.21. The van der Waals surface area contributed by atoms with Gasteiger partial charge in [0.05, 0.1) is 0 Å². The van der Waals surface area contributed by atoms with Gasteiger partial charge < -0.3 is 5.32 Å². The molecule has 0 aromatic heterocycles. The van der Waals surface area contributed by atoms with Gasteiger partial charge in [0.2, 0.25) is 0 Å². The highest BCUT2D eigenvalue weighted by molar-refractivity contribution is 7.80. The second-order valence-electron chi connectivity index (χ2n) is 2.05. The standard InChI is InChI=1S/C6H15NS/c1-3-4-7-5-6(2)8/h6-8H,3-5H2,1-2H3/t6-/m0/s1. The Hall–Kier alpha value is 0.310. The molecule has 0 aliphatic heterocycles. The van der Waals surface area contributed by atoms with Crippen molar-refractivity contribution in [2.24, 2.45) is 0 Å². The van der Waals surface area contributed by atoms with E-state index in [0.717, 1.165) is 13.1 Å². The molecule has 0 radical (unpaired) electrons. The fourth-order valence-electron chi connectivity index (χ4n) is 0.488. The van der Waals surface area contributed by atoms with Crippen molar-refractivity contribution in [1.82, 2.24) is 5.32 Å². The van der Waals surface area contributed by atoms with E-state index in [2.05, 4.69) is 31.8 Å². The van der Waals surface area contributed by atoms with Crippen LogP contribution in [0.2, 0.25) is 0 Å². The summed E-state index contributed by atoms with van der Waals surface area (Å²) in [6, 6.07) is 0. The Morgan fingerprint density at radius 3 is 2.62 bits per heavy atom. The van der Waals surface area contributed by atoms with E-state index >= 15 is 0 Å². The average molecular weight is 133 g/mol. The molecule has 0 aromatic rings. The minimum Gasteiger partial charge on any atom is -0.316 e. The van der Waals surface area contributed by atoms with Crippen LogP contribution >= 0.6 is 12.6 Å². The Labute approximate surface area is 57.3 Å². The first-order valence-corrected chi connectivity index (χ1v) is 3.67. The predicted molar refractivity (Wildman–Crippen MR) is 41.6 cm³/mol. The third-order valence-electron chi connectivity index (χ3n) is 0.867. The van der Waals surface area contributed by atoms with Crippen LogP contribution in [0.5, 0.6) is 0 Å². The van der Waals surface area contributed by atoms with Gasteiger partial charge in [0, 0.05) is 11.8 Å². The van der Waals surface area contributed by atoms with Crippen LogP contribution in [-0.4, -0.2) is 18.3 Å². The molecule has 0 aliphatic carbocycles. The van der Waals surface area contributed by atoms with E-state index in [1.165, 1.54) is 6.42 Å². The molecule has 0 spiro atoms. The van der Waals surface area contributed by atoms with Gasteiger partial charge in [-0.15, -0.1) is 0 Å². The molecular formula is C6H15NS. The molecule has 8 heavy (non-hydrogen) atoms. The smallest absolute Gasteiger partial charge is 0.0113 e. The van der Waals surface area contributed by atoms with Gasteiger partial charge in [-0.1, -0.05) is 13.8 Å². The van der Waals surface area contributed by atoms with E-state index in [4.69, 9.17) is 0 Å². The zero-order valence-corrected chi connectivity index (χ0v) is 6.54. The Morgan fingerprint density at radius 1 is 1.62 bits per heavy atom. The Bertz CT molecular complexity index is 45.8. The van der Waals surface area contributed by atoms with Gasteiger partial charge in [-0.2, -0.15) is 12.6 Å². The fraction of sp³-hybridized carbons (Fsp3) is 1.00. The van der Waals surface area contributed by atoms with Crippen molar-refractivity contribution >= 4 is 12.6 Å². The summed E-state index contributed by atoms with van der Waals surface area (Å²) in [4.78, 5) is 0. The van der Waals surface area contributed by atoms with Crippen LogP contribution in [-0.2, 0) is 0 Å². The van der Waals surface area contributed by atoms with E-state index < -0.39 is 0 Å². The van der Waals surface area contributed by atoms with Crippen molar-refractivity contribution in [2.75, 3.05) is 13.1 Å². The van der Waals surface area contributed by atoms with Crippen molar-refractivity contribution < 1.29 is 0 Å². The summed E-state index contributed by atoms with van der Waals surface area (Å²) >= 11 is 4.21. The minimum atomic E-state index is 0.488. The van der Waals surface area contributed by atoms with Crippen molar-refractivity contribution in [3.8, 4) is 0 Å². The van der Waals surface area contributed by atoms with Gasteiger partial charge in [-0.25, -0.2) is 0 Å². The molecule has 0 fully saturated rings.